The lowest BCUT2D eigenvalue weighted by atomic mass is 10.1. The molecule has 0 spiro atoms. The number of anilines is 1. The molecule has 0 heterocycles. The number of thioether (sulfide) groups is 1. The number of aryl methyl sites for hydroxylation is 2. The van der Waals surface area contributed by atoms with Crippen molar-refractivity contribution in [2.75, 3.05) is 17.7 Å². The number of esters is 1. The van der Waals surface area contributed by atoms with Gasteiger partial charge in [-0.1, -0.05) is 35.9 Å². The normalized spacial score (nSPS) is 10.3. The Balaban J connectivity index is 1.80. The molecule has 1 N–H and O–H groups in total. The second kappa shape index (κ2) is 8.76. The van der Waals surface area contributed by atoms with Crippen LogP contribution in [0.15, 0.2) is 47.4 Å². The van der Waals surface area contributed by atoms with Crippen molar-refractivity contribution in [3.63, 3.8) is 0 Å². The van der Waals surface area contributed by atoms with E-state index < -0.39 is 11.9 Å². The highest BCUT2D eigenvalue weighted by atomic mass is 35.5. The van der Waals surface area contributed by atoms with E-state index in [0.29, 0.717) is 10.7 Å². The predicted molar refractivity (Wildman–Crippen MR) is 97.7 cm³/mol. The Labute approximate surface area is 150 Å². The van der Waals surface area contributed by atoms with Crippen molar-refractivity contribution in [3.05, 3.63) is 58.6 Å². The molecule has 2 rings (SSSR count). The van der Waals surface area contributed by atoms with Crippen LogP contribution in [0.1, 0.15) is 11.1 Å². The second-order valence-electron chi connectivity index (χ2n) is 5.25. The van der Waals surface area contributed by atoms with Crippen molar-refractivity contribution in [1.82, 2.24) is 0 Å². The zero-order valence-corrected chi connectivity index (χ0v) is 15.0. The van der Waals surface area contributed by atoms with Crippen LogP contribution in [0.3, 0.4) is 0 Å². The molecule has 0 unspecified atom stereocenters. The van der Waals surface area contributed by atoms with Crippen LogP contribution in [-0.2, 0) is 14.3 Å². The Hall–Kier alpha value is -1.98. The number of amides is 1. The van der Waals surface area contributed by atoms with Crippen LogP contribution < -0.4 is 5.32 Å². The van der Waals surface area contributed by atoms with Gasteiger partial charge in [-0.15, -0.1) is 11.8 Å². The minimum Gasteiger partial charge on any atom is -0.455 e. The number of hydrogen-bond acceptors (Lipinski definition) is 4. The van der Waals surface area contributed by atoms with Gasteiger partial charge in [0.1, 0.15) is 0 Å². The van der Waals surface area contributed by atoms with Gasteiger partial charge in [0, 0.05) is 4.90 Å². The van der Waals surface area contributed by atoms with E-state index in [4.69, 9.17) is 16.3 Å². The highest BCUT2D eigenvalue weighted by Crippen LogP contribution is 2.27. The average molecular weight is 364 g/mol. The molecular weight excluding hydrogens is 346 g/mol. The lowest BCUT2D eigenvalue weighted by Gasteiger charge is -2.11. The predicted octanol–water partition coefficient (Wildman–Crippen LogP) is 4.23. The number of nitrogens with one attached hydrogen (secondary N) is 1. The minimum atomic E-state index is -0.439. The van der Waals surface area contributed by atoms with E-state index in [1.807, 2.05) is 50.2 Å². The fourth-order valence-corrected chi connectivity index (χ4v) is 3.18. The molecule has 0 atom stereocenters. The van der Waals surface area contributed by atoms with Crippen molar-refractivity contribution in [2.45, 2.75) is 18.7 Å². The molecule has 0 aliphatic carbocycles. The summed E-state index contributed by atoms with van der Waals surface area (Å²) in [7, 11) is 0. The average Bonchev–Trinajstić information content (AvgIpc) is 2.55. The standard InChI is InChI=1S/C18H18ClNO3S/c1-12-8-13(2)18(15(19)9-12)20-16(21)10-23-17(22)11-24-14-6-4-3-5-7-14/h3-9H,10-11H2,1-2H3,(H,20,21). The first-order chi connectivity index (χ1) is 11.5. The number of ether oxygens (including phenoxy) is 1. The number of halogens is 1. The van der Waals surface area contributed by atoms with E-state index in [0.717, 1.165) is 16.0 Å². The van der Waals surface area contributed by atoms with Crippen LogP contribution in [0.4, 0.5) is 5.69 Å². The maximum atomic E-state index is 11.9. The molecule has 6 heteroatoms. The SMILES string of the molecule is Cc1cc(C)c(NC(=O)COC(=O)CSc2ccccc2)c(Cl)c1. The molecule has 2 aromatic rings. The van der Waals surface area contributed by atoms with Gasteiger partial charge in [0.15, 0.2) is 6.61 Å². The molecule has 0 saturated heterocycles. The van der Waals surface area contributed by atoms with Crippen molar-refractivity contribution >= 4 is 40.9 Å². The monoisotopic (exact) mass is 363 g/mol. The van der Waals surface area contributed by atoms with Gasteiger partial charge >= 0.3 is 5.97 Å². The highest BCUT2D eigenvalue weighted by Gasteiger charge is 2.12. The van der Waals surface area contributed by atoms with Gasteiger partial charge in [0.25, 0.3) is 5.91 Å². The Morgan fingerprint density at radius 2 is 1.88 bits per heavy atom. The van der Waals surface area contributed by atoms with Crippen molar-refractivity contribution in [3.8, 4) is 0 Å². The molecule has 4 nitrogen and oxygen atoms in total. The van der Waals surface area contributed by atoms with E-state index in [1.165, 1.54) is 11.8 Å². The molecule has 0 aliphatic heterocycles. The Morgan fingerprint density at radius 1 is 1.17 bits per heavy atom. The van der Waals surface area contributed by atoms with Crippen LogP contribution in [0.2, 0.25) is 5.02 Å². The number of rotatable bonds is 6. The number of carbonyl (C=O) groups is 2. The minimum absolute atomic E-state index is 0.154. The van der Waals surface area contributed by atoms with E-state index in [9.17, 15) is 9.59 Å². The summed E-state index contributed by atoms with van der Waals surface area (Å²) in [5.74, 6) is -0.700. The molecule has 0 fully saturated rings. The van der Waals surface area contributed by atoms with Crippen LogP contribution in [0, 0.1) is 13.8 Å². The summed E-state index contributed by atoms with van der Waals surface area (Å²) in [6.07, 6.45) is 0. The lowest BCUT2D eigenvalue weighted by molar-refractivity contribution is -0.144. The molecular formula is C18H18ClNO3S. The van der Waals surface area contributed by atoms with Gasteiger partial charge < -0.3 is 10.1 Å². The van der Waals surface area contributed by atoms with Crippen molar-refractivity contribution in [2.24, 2.45) is 0 Å². The second-order valence-corrected chi connectivity index (χ2v) is 6.71. The van der Waals surface area contributed by atoms with Crippen LogP contribution >= 0.6 is 23.4 Å². The third-order valence-electron chi connectivity index (χ3n) is 3.16. The van der Waals surface area contributed by atoms with Gasteiger partial charge in [-0.2, -0.15) is 0 Å². The summed E-state index contributed by atoms with van der Waals surface area (Å²) in [5, 5.41) is 3.14. The highest BCUT2D eigenvalue weighted by molar-refractivity contribution is 8.00. The van der Waals surface area contributed by atoms with E-state index in [1.54, 1.807) is 6.07 Å². The first kappa shape index (κ1) is 18.4. The molecule has 0 bridgehead atoms. The Bertz CT molecular complexity index is 711. The molecule has 2 aromatic carbocycles. The van der Waals surface area contributed by atoms with Gasteiger partial charge in [0.05, 0.1) is 16.5 Å². The van der Waals surface area contributed by atoms with Gasteiger partial charge in [-0.3, -0.25) is 9.59 Å². The number of carbonyl (C=O) groups excluding carboxylic acids is 2. The summed E-state index contributed by atoms with van der Waals surface area (Å²) < 4.78 is 4.99. The molecule has 1 amide bonds. The summed E-state index contributed by atoms with van der Waals surface area (Å²) in [5.41, 5.74) is 2.42. The number of hydrogen-bond donors (Lipinski definition) is 1. The Morgan fingerprint density at radius 3 is 2.54 bits per heavy atom. The molecule has 0 aromatic heterocycles. The number of benzene rings is 2. The molecule has 0 saturated carbocycles. The fraction of sp³-hybridized carbons (Fsp3) is 0.222. The molecule has 0 radical (unpaired) electrons. The maximum absolute atomic E-state index is 11.9. The zero-order chi connectivity index (χ0) is 17.5. The van der Waals surface area contributed by atoms with Crippen LogP contribution in [-0.4, -0.2) is 24.2 Å². The fourth-order valence-electron chi connectivity index (χ4n) is 2.10. The molecule has 24 heavy (non-hydrogen) atoms. The van der Waals surface area contributed by atoms with Gasteiger partial charge in [-0.25, -0.2) is 0 Å². The molecule has 0 aliphatic rings. The first-order valence-electron chi connectivity index (χ1n) is 7.36. The first-order valence-corrected chi connectivity index (χ1v) is 8.72. The summed E-state index contributed by atoms with van der Waals surface area (Å²) >= 11 is 7.50. The third kappa shape index (κ3) is 5.58. The summed E-state index contributed by atoms with van der Waals surface area (Å²) in [4.78, 5) is 24.6. The van der Waals surface area contributed by atoms with E-state index >= 15 is 0 Å². The topological polar surface area (TPSA) is 55.4 Å². The largest absolute Gasteiger partial charge is 0.455 e. The van der Waals surface area contributed by atoms with Crippen molar-refractivity contribution < 1.29 is 14.3 Å². The van der Waals surface area contributed by atoms with Crippen LogP contribution in [0.25, 0.3) is 0 Å². The van der Waals surface area contributed by atoms with Gasteiger partial charge in [-0.05, 0) is 43.2 Å². The quantitative estimate of drug-likeness (QED) is 0.616. The zero-order valence-electron chi connectivity index (χ0n) is 13.5. The Kier molecular flexibility index (Phi) is 6.70. The third-order valence-corrected chi connectivity index (χ3v) is 4.44. The van der Waals surface area contributed by atoms with E-state index in [2.05, 4.69) is 5.32 Å². The lowest BCUT2D eigenvalue weighted by Crippen LogP contribution is -2.22. The van der Waals surface area contributed by atoms with Crippen molar-refractivity contribution in [1.29, 1.82) is 0 Å². The summed E-state index contributed by atoms with van der Waals surface area (Å²) in [6, 6.07) is 13.2. The smallest absolute Gasteiger partial charge is 0.316 e. The summed E-state index contributed by atoms with van der Waals surface area (Å²) in [6.45, 7) is 3.45. The maximum Gasteiger partial charge on any atom is 0.316 e. The van der Waals surface area contributed by atoms with Crippen LogP contribution in [0.5, 0.6) is 0 Å². The van der Waals surface area contributed by atoms with Gasteiger partial charge in [0.2, 0.25) is 0 Å². The van der Waals surface area contributed by atoms with E-state index in [-0.39, 0.29) is 12.4 Å². The molecule has 126 valence electrons.